The molecule has 3 rings (SSSR count). The maximum atomic E-state index is 12.5. The molecular formula is C28H36N6O3. The highest BCUT2D eigenvalue weighted by atomic mass is 16.2. The Bertz CT molecular complexity index is 1060. The first-order chi connectivity index (χ1) is 17.9. The van der Waals surface area contributed by atoms with Crippen molar-refractivity contribution < 1.29 is 14.4 Å². The number of nitrogens with one attached hydrogen (secondary N) is 4. The number of amides is 4. The Morgan fingerprint density at radius 3 is 2.41 bits per heavy atom. The van der Waals surface area contributed by atoms with Crippen LogP contribution in [0.2, 0.25) is 0 Å². The number of anilines is 1. The van der Waals surface area contributed by atoms with E-state index in [4.69, 9.17) is 5.26 Å². The zero-order valence-corrected chi connectivity index (χ0v) is 21.3. The van der Waals surface area contributed by atoms with Crippen LogP contribution in [-0.4, -0.2) is 55.0 Å². The summed E-state index contributed by atoms with van der Waals surface area (Å²) >= 11 is 0. The molecule has 9 nitrogen and oxygen atoms in total. The molecule has 0 spiro atoms. The summed E-state index contributed by atoms with van der Waals surface area (Å²) in [5.74, 6) is -0.291. The molecule has 1 fully saturated rings. The summed E-state index contributed by atoms with van der Waals surface area (Å²) in [5.41, 5.74) is 2.42. The Balaban J connectivity index is 1.33. The molecule has 0 aliphatic carbocycles. The van der Waals surface area contributed by atoms with Crippen molar-refractivity contribution in [2.45, 2.75) is 45.2 Å². The fourth-order valence-electron chi connectivity index (χ4n) is 4.30. The van der Waals surface area contributed by atoms with Crippen LogP contribution in [0.4, 0.5) is 10.5 Å². The summed E-state index contributed by atoms with van der Waals surface area (Å²) in [5, 5.41) is 19.8. The molecule has 1 aliphatic rings. The molecule has 0 aromatic heterocycles. The zero-order chi connectivity index (χ0) is 26.5. The predicted molar refractivity (Wildman–Crippen MR) is 143 cm³/mol. The van der Waals surface area contributed by atoms with Crippen LogP contribution < -0.4 is 21.3 Å². The van der Waals surface area contributed by atoms with Gasteiger partial charge in [0.05, 0.1) is 6.07 Å². The number of benzene rings is 2. The Hall–Kier alpha value is -3.90. The number of urea groups is 1. The van der Waals surface area contributed by atoms with Gasteiger partial charge in [-0.05, 0) is 55.0 Å². The van der Waals surface area contributed by atoms with Crippen LogP contribution in [-0.2, 0) is 11.3 Å². The van der Waals surface area contributed by atoms with Gasteiger partial charge in [0.2, 0.25) is 5.91 Å². The Morgan fingerprint density at radius 1 is 1.03 bits per heavy atom. The average molecular weight is 505 g/mol. The van der Waals surface area contributed by atoms with E-state index in [0.29, 0.717) is 30.6 Å². The molecule has 0 saturated carbocycles. The Morgan fingerprint density at radius 2 is 1.73 bits per heavy atom. The molecule has 2 aromatic carbocycles. The van der Waals surface area contributed by atoms with Gasteiger partial charge < -0.3 is 21.3 Å². The van der Waals surface area contributed by atoms with Gasteiger partial charge in [-0.15, -0.1) is 0 Å². The minimum Gasteiger partial charge on any atom is -0.352 e. The molecule has 0 radical (unpaired) electrons. The lowest BCUT2D eigenvalue weighted by atomic mass is 10.0. The first-order valence-electron chi connectivity index (χ1n) is 12.8. The number of hydrogen-bond acceptors (Lipinski definition) is 5. The van der Waals surface area contributed by atoms with Crippen molar-refractivity contribution >= 4 is 23.5 Å². The SMILES string of the molecule is CC(CCNC(=O)c1ccc(NC(=O)NC2CCN(Cc3ccccc3)CC2)cc1)CC(=O)NCC#N. The summed E-state index contributed by atoms with van der Waals surface area (Å²) in [6, 6.07) is 18.9. The largest absolute Gasteiger partial charge is 0.352 e. The van der Waals surface area contributed by atoms with Crippen LogP contribution >= 0.6 is 0 Å². The lowest BCUT2D eigenvalue weighted by Crippen LogP contribution is -2.45. The van der Waals surface area contributed by atoms with E-state index in [2.05, 4.69) is 50.4 Å². The lowest BCUT2D eigenvalue weighted by molar-refractivity contribution is -0.121. The smallest absolute Gasteiger partial charge is 0.319 e. The van der Waals surface area contributed by atoms with Gasteiger partial charge in [-0.25, -0.2) is 4.79 Å². The maximum Gasteiger partial charge on any atom is 0.319 e. The molecule has 1 atom stereocenters. The van der Waals surface area contributed by atoms with Gasteiger partial charge in [0.1, 0.15) is 6.54 Å². The molecule has 4 amide bonds. The number of rotatable bonds is 11. The van der Waals surface area contributed by atoms with Crippen LogP contribution in [0.15, 0.2) is 54.6 Å². The van der Waals surface area contributed by atoms with Gasteiger partial charge in [0.15, 0.2) is 0 Å². The van der Waals surface area contributed by atoms with Crippen molar-refractivity contribution in [3.05, 3.63) is 65.7 Å². The average Bonchev–Trinajstić information content (AvgIpc) is 2.89. The van der Waals surface area contributed by atoms with Crippen molar-refractivity contribution in [2.24, 2.45) is 5.92 Å². The third kappa shape index (κ3) is 9.94. The van der Waals surface area contributed by atoms with E-state index in [0.717, 1.165) is 32.5 Å². The van der Waals surface area contributed by atoms with E-state index in [1.54, 1.807) is 24.3 Å². The molecule has 4 N–H and O–H groups in total. The molecule has 1 aliphatic heterocycles. The number of carbonyl (C=O) groups is 3. The van der Waals surface area contributed by atoms with Gasteiger partial charge in [-0.3, -0.25) is 14.5 Å². The fraction of sp³-hybridized carbons (Fsp3) is 0.429. The van der Waals surface area contributed by atoms with Crippen LogP contribution in [0.5, 0.6) is 0 Å². The van der Waals surface area contributed by atoms with Crippen molar-refractivity contribution in [1.29, 1.82) is 5.26 Å². The second-order valence-electron chi connectivity index (χ2n) is 9.50. The monoisotopic (exact) mass is 504 g/mol. The van der Waals surface area contributed by atoms with E-state index in [1.165, 1.54) is 5.56 Å². The van der Waals surface area contributed by atoms with E-state index in [1.807, 2.05) is 19.1 Å². The van der Waals surface area contributed by atoms with Crippen molar-refractivity contribution in [3.8, 4) is 6.07 Å². The van der Waals surface area contributed by atoms with E-state index in [-0.39, 0.29) is 36.3 Å². The normalized spacial score (nSPS) is 14.7. The standard InChI is InChI=1S/C28H36N6O3/c1-21(19-26(35)30-16-14-29)11-15-31-27(36)23-7-9-24(10-8-23)32-28(37)33-25-12-17-34(18-13-25)20-22-5-3-2-4-6-22/h2-10,21,25H,11-13,15-20H2,1H3,(H,30,35)(H,31,36)(H2,32,33,37). The van der Waals surface area contributed by atoms with Gasteiger partial charge in [0, 0.05) is 49.9 Å². The van der Waals surface area contributed by atoms with Crippen LogP contribution in [0.25, 0.3) is 0 Å². The number of hydrogen-bond donors (Lipinski definition) is 4. The van der Waals surface area contributed by atoms with Crippen molar-refractivity contribution in [2.75, 3.05) is 31.5 Å². The number of nitriles is 1. The fourth-order valence-corrected chi connectivity index (χ4v) is 4.30. The lowest BCUT2D eigenvalue weighted by Gasteiger charge is -2.32. The van der Waals surface area contributed by atoms with Crippen LogP contribution in [0.3, 0.4) is 0 Å². The summed E-state index contributed by atoms with van der Waals surface area (Å²) in [6.07, 6.45) is 2.77. The van der Waals surface area contributed by atoms with Gasteiger partial charge in [0.25, 0.3) is 5.91 Å². The zero-order valence-electron chi connectivity index (χ0n) is 21.3. The van der Waals surface area contributed by atoms with E-state index in [9.17, 15) is 14.4 Å². The molecule has 9 heteroatoms. The van der Waals surface area contributed by atoms with E-state index >= 15 is 0 Å². The van der Waals surface area contributed by atoms with Gasteiger partial charge in [-0.2, -0.15) is 5.26 Å². The number of likely N-dealkylation sites (tertiary alicyclic amines) is 1. The molecular weight excluding hydrogens is 468 g/mol. The highest BCUT2D eigenvalue weighted by Crippen LogP contribution is 2.15. The summed E-state index contributed by atoms with van der Waals surface area (Å²) in [4.78, 5) is 38.9. The predicted octanol–water partition coefficient (Wildman–Crippen LogP) is 3.26. The molecule has 1 saturated heterocycles. The molecule has 1 heterocycles. The number of carbonyl (C=O) groups excluding carboxylic acids is 3. The molecule has 37 heavy (non-hydrogen) atoms. The quantitative estimate of drug-likeness (QED) is 0.350. The Kier molecular flexibility index (Phi) is 10.9. The van der Waals surface area contributed by atoms with Crippen molar-refractivity contribution in [3.63, 3.8) is 0 Å². The third-order valence-electron chi connectivity index (χ3n) is 6.40. The second-order valence-corrected chi connectivity index (χ2v) is 9.50. The number of nitrogens with zero attached hydrogens (tertiary/aromatic N) is 2. The minimum absolute atomic E-state index is 0.00329. The topological polar surface area (TPSA) is 126 Å². The summed E-state index contributed by atoms with van der Waals surface area (Å²) < 4.78 is 0. The van der Waals surface area contributed by atoms with E-state index < -0.39 is 0 Å². The third-order valence-corrected chi connectivity index (χ3v) is 6.40. The summed E-state index contributed by atoms with van der Waals surface area (Å²) in [7, 11) is 0. The van der Waals surface area contributed by atoms with Gasteiger partial charge in [-0.1, -0.05) is 37.3 Å². The van der Waals surface area contributed by atoms with Crippen molar-refractivity contribution in [1.82, 2.24) is 20.9 Å². The molecule has 2 aromatic rings. The highest BCUT2D eigenvalue weighted by Gasteiger charge is 2.21. The molecule has 196 valence electrons. The molecule has 0 bridgehead atoms. The van der Waals surface area contributed by atoms with Crippen LogP contribution in [0.1, 0.15) is 48.5 Å². The Labute approximate surface area is 218 Å². The first-order valence-corrected chi connectivity index (χ1v) is 12.8. The highest BCUT2D eigenvalue weighted by molar-refractivity contribution is 5.95. The first kappa shape index (κ1) is 27.7. The summed E-state index contributed by atoms with van der Waals surface area (Å²) in [6.45, 7) is 5.19. The maximum absolute atomic E-state index is 12.5. The number of piperidine rings is 1. The second kappa shape index (κ2) is 14.6. The molecule has 1 unspecified atom stereocenters. The van der Waals surface area contributed by atoms with Crippen LogP contribution in [0, 0.1) is 17.2 Å². The minimum atomic E-state index is -0.244. The van der Waals surface area contributed by atoms with Gasteiger partial charge >= 0.3 is 6.03 Å².